The van der Waals surface area contributed by atoms with Gasteiger partial charge in [-0.1, -0.05) is 18.2 Å². The van der Waals surface area contributed by atoms with Gasteiger partial charge in [0.2, 0.25) is 0 Å². The van der Waals surface area contributed by atoms with Gasteiger partial charge < -0.3 is 5.73 Å². The van der Waals surface area contributed by atoms with E-state index in [0.29, 0.717) is 11.3 Å². The highest BCUT2D eigenvalue weighted by Crippen LogP contribution is 2.34. The summed E-state index contributed by atoms with van der Waals surface area (Å²) in [5, 5.41) is 0. The number of nitrogens with zero attached hydrogens (tertiary/aromatic N) is 1. The van der Waals surface area contributed by atoms with Crippen molar-refractivity contribution in [2.45, 2.75) is 43.0 Å². The lowest BCUT2D eigenvalue weighted by molar-refractivity contribution is 0.454. The lowest BCUT2D eigenvalue weighted by Crippen LogP contribution is -2.41. The third kappa shape index (κ3) is 3.25. The highest BCUT2D eigenvalue weighted by Gasteiger charge is 2.29. The molecular formula is C15H19FN2S. The Kier molecular flexibility index (Phi) is 4.42. The smallest absolute Gasteiger partial charge is 0.0831 e. The van der Waals surface area contributed by atoms with Crippen LogP contribution in [0.4, 0.5) is 3.89 Å². The molecule has 2 rings (SSSR count). The highest BCUT2D eigenvalue weighted by molar-refractivity contribution is 7.94. The van der Waals surface area contributed by atoms with Crippen LogP contribution in [0.2, 0.25) is 0 Å². The number of hydrogen-bond donors (Lipinski definition) is 1. The summed E-state index contributed by atoms with van der Waals surface area (Å²) in [6, 6.07) is 3.48. The Morgan fingerprint density at radius 2 is 2.42 bits per heavy atom. The molecular weight excluding hydrogens is 259 g/mol. The number of pyridine rings is 1. The Balaban J connectivity index is 2.23. The van der Waals surface area contributed by atoms with Crippen LogP contribution in [0.25, 0.3) is 0 Å². The van der Waals surface area contributed by atoms with E-state index < -0.39 is 0 Å². The van der Waals surface area contributed by atoms with Gasteiger partial charge in [-0.05, 0) is 43.9 Å². The summed E-state index contributed by atoms with van der Waals surface area (Å²) in [4.78, 5) is 4.80. The number of aromatic nitrogens is 1. The van der Waals surface area contributed by atoms with Gasteiger partial charge in [0, 0.05) is 18.2 Å². The molecule has 0 saturated heterocycles. The quantitative estimate of drug-likeness (QED) is 0.908. The van der Waals surface area contributed by atoms with Crippen LogP contribution in [0, 0.1) is 0 Å². The van der Waals surface area contributed by atoms with E-state index in [9.17, 15) is 3.89 Å². The maximum Gasteiger partial charge on any atom is 0.0831 e. The third-order valence-electron chi connectivity index (χ3n) is 3.60. The minimum Gasteiger partial charge on any atom is -0.322 e. The van der Waals surface area contributed by atoms with E-state index in [1.54, 1.807) is 18.3 Å². The van der Waals surface area contributed by atoms with Crippen molar-refractivity contribution < 1.29 is 3.89 Å². The molecule has 1 aliphatic carbocycles. The Labute approximate surface area is 118 Å². The van der Waals surface area contributed by atoms with E-state index in [4.69, 9.17) is 5.73 Å². The minimum atomic E-state index is -0.326. The molecule has 1 aromatic heterocycles. The zero-order valence-electron chi connectivity index (χ0n) is 11.2. The first-order valence-electron chi connectivity index (χ1n) is 6.45. The highest BCUT2D eigenvalue weighted by atomic mass is 32.2. The largest absolute Gasteiger partial charge is 0.322 e. The van der Waals surface area contributed by atoms with Crippen LogP contribution in [0.1, 0.15) is 31.9 Å². The van der Waals surface area contributed by atoms with Crippen LogP contribution in [-0.4, -0.2) is 10.5 Å². The standard InChI is InChI=1S/C15H19FN2S/c1-11-5-3-9-15(2,17)12(11)7-8-13-14(19-16)6-4-10-18-13/h4,6-7,10H,1,3,5,8-9,17H2,2H3/b12-7+. The Bertz CT molecular complexity index is 509. The van der Waals surface area contributed by atoms with Crippen molar-refractivity contribution in [3.63, 3.8) is 0 Å². The zero-order chi connectivity index (χ0) is 13.9. The van der Waals surface area contributed by atoms with Crippen LogP contribution in [-0.2, 0) is 6.42 Å². The second-order valence-electron chi connectivity index (χ2n) is 5.22. The molecule has 0 aliphatic heterocycles. The molecule has 1 atom stereocenters. The molecule has 1 fully saturated rings. The van der Waals surface area contributed by atoms with Crippen LogP contribution < -0.4 is 5.73 Å². The van der Waals surface area contributed by atoms with Crippen molar-refractivity contribution in [1.29, 1.82) is 0 Å². The molecule has 2 N–H and O–H groups in total. The third-order valence-corrected chi connectivity index (χ3v) is 4.14. The first-order valence-corrected chi connectivity index (χ1v) is 7.16. The summed E-state index contributed by atoms with van der Waals surface area (Å²) in [5.74, 6) is 0. The minimum absolute atomic E-state index is 0.237. The number of allylic oxidation sites excluding steroid dienone is 1. The normalized spacial score (nSPS) is 25.8. The molecule has 1 aliphatic rings. The number of nitrogens with two attached hydrogens (primary N) is 1. The topological polar surface area (TPSA) is 38.9 Å². The molecule has 1 saturated carbocycles. The van der Waals surface area contributed by atoms with Gasteiger partial charge in [0.25, 0.3) is 0 Å². The van der Waals surface area contributed by atoms with Gasteiger partial charge in [-0.25, -0.2) is 0 Å². The second kappa shape index (κ2) is 5.88. The summed E-state index contributed by atoms with van der Waals surface area (Å²) in [6.45, 7) is 6.13. The number of halogens is 1. The average molecular weight is 278 g/mol. The van der Waals surface area contributed by atoms with Gasteiger partial charge in [0.1, 0.15) is 0 Å². The summed E-state index contributed by atoms with van der Waals surface area (Å²) in [5.41, 5.74) is 8.93. The van der Waals surface area contributed by atoms with Crippen molar-refractivity contribution in [3.05, 3.63) is 47.8 Å². The van der Waals surface area contributed by atoms with Crippen molar-refractivity contribution in [2.24, 2.45) is 5.73 Å². The maximum absolute atomic E-state index is 12.8. The molecule has 19 heavy (non-hydrogen) atoms. The Morgan fingerprint density at radius 3 is 3.11 bits per heavy atom. The average Bonchev–Trinajstić information content (AvgIpc) is 2.38. The van der Waals surface area contributed by atoms with Crippen molar-refractivity contribution in [3.8, 4) is 0 Å². The molecule has 0 bridgehead atoms. The molecule has 0 radical (unpaired) electrons. The number of hydrogen-bond acceptors (Lipinski definition) is 3. The molecule has 1 aromatic rings. The van der Waals surface area contributed by atoms with E-state index in [-0.39, 0.29) is 17.7 Å². The maximum atomic E-state index is 12.8. The van der Waals surface area contributed by atoms with Gasteiger partial charge >= 0.3 is 0 Å². The molecule has 0 aromatic carbocycles. The summed E-state index contributed by atoms with van der Waals surface area (Å²) in [7, 11) is 0. The summed E-state index contributed by atoms with van der Waals surface area (Å²) < 4.78 is 12.8. The molecule has 0 spiro atoms. The second-order valence-corrected chi connectivity index (χ2v) is 5.82. The predicted octanol–water partition coefficient (Wildman–Crippen LogP) is 3.98. The van der Waals surface area contributed by atoms with E-state index >= 15 is 0 Å². The number of rotatable bonds is 3. The monoisotopic (exact) mass is 278 g/mol. The SMILES string of the molecule is C=C1CCCC(C)(N)/C1=C/Cc1ncccc1SF. The van der Waals surface area contributed by atoms with Crippen molar-refractivity contribution in [2.75, 3.05) is 0 Å². The van der Waals surface area contributed by atoms with Gasteiger partial charge in [-0.3, -0.25) is 4.98 Å². The Morgan fingerprint density at radius 1 is 1.63 bits per heavy atom. The van der Waals surface area contributed by atoms with Gasteiger partial charge in [0.15, 0.2) is 0 Å². The van der Waals surface area contributed by atoms with E-state index in [2.05, 4.69) is 17.6 Å². The van der Waals surface area contributed by atoms with E-state index in [1.807, 2.05) is 6.92 Å². The van der Waals surface area contributed by atoms with Crippen LogP contribution >= 0.6 is 12.1 Å². The van der Waals surface area contributed by atoms with Crippen LogP contribution in [0.15, 0.2) is 47.0 Å². The summed E-state index contributed by atoms with van der Waals surface area (Å²) in [6.07, 6.45) is 7.37. The zero-order valence-corrected chi connectivity index (χ0v) is 12.0. The van der Waals surface area contributed by atoms with E-state index in [0.717, 1.165) is 36.1 Å². The lowest BCUT2D eigenvalue weighted by Gasteiger charge is -2.34. The fourth-order valence-corrected chi connectivity index (χ4v) is 2.92. The van der Waals surface area contributed by atoms with E-state index in [1.165, 1.54) is 0 Å². The predicted molar refractivity (Wildman–Crippen MR) is 78.6 cm³/mol. The molecule has 1 heterocycles. The molecule has 1 unspecified atom stereocenters. The van der Waals surface area contributed by atoms with Gasteiger partial charge in [0.05, 0.1) is 22.7 Å². The molecule has 2 nitrogen and oxygen atoms in total. The fraction of sp³-hybridized carbons (Fsp3) is 0.400. The molecule has 102 valence electrons. The van der Waals surface area contributed by atoms with Gasteiger partial charge in [-0.2, -0.15) is 3.89 Å². The van der Waals surface area contributed by atoms with Crippen LogP contribution in [0.5, 0.6) is 0 Å². The first-order chi connectivity index (χ1) is 9.04. The van der Waals surface area contributed by atoms with Gasteiger partial charge in [-0.15, -0.1) is 0 Å². The summed E-state index contributed by atoms with van der Waals surface area (Å²) >= 11 is 0.237. The lowest BCUT2D eigenvalue weighted by atomic mass is 9.76. The first kappa shape index (κ1) is 14.3. The van der Waals surface area contributed by atoms with Crippen molar-refractivity contribution >= 4 is 12.1 Å². The van der Waals surface area contributed by atoms with Crippen molar-refractivity contribution in [1.82, 2.24) is 4.98 Å². The fourth-order valence-electron chi connectivity index (χ4n) is 2.57. The Hall–Kier alpha value is -1.13. The van der Waals surface area contributed by atoms with Crippen LogP contribution in [0.3, 0.4) is 0 Å². The molecule has 0 amide bonds. The molecule has 4 heteroatoms.